The largest absolute Gasteiger partial charge is 0.493 e. The van der Waals surface area contributed by atoms with Gasteiger partial charge < -0.3 is 19.1 Å². The van der Waals surface area contributed by atoms with Crippen LogP contribution in [0.5, 0.6) is 17.2 Å². The molecule has 0 bridgehead atoms. The molecule has 0 spiro atoms. The average Bonchev–Trinajstić information content (AvgIpc) is 2.71. The van der Waals surface area contributed by atoms with Gasteiger partial charge in [0.15, 0.2) is 18.1 Å². The number of nitro groups is 1. The van der Waals surface area contributed by atoms with Crippen molar-refractivity contribution in [1.29, 1.82) is 0 Å². The molecule has 0 fully saturated rings. The van der Waals surface area contributed by atoms with E-state index in [0.29, 0.717) is 42.5 Å². The Morgan fingerprint density at radius 3 is 2.45 bits per heavy atom. The normalized spacial score (nSPS) is 10.3. The van der Waals surface area contributed by atoms with Crippen molar-refractivity contribution >= 4 is 11.6 Å². The van der Waals surface area contributed by atoms with Crippen LogP contribution in [0.1, 0.15) is 25.0 Å². The third kappa shape index (κ3) is 5.84. The maximum Gasteiger partial charge on any atom is 0.272 e. The first-order chi connectivity index (χ1) is 13.9. The van der Waals surface area contributed by atoms with Gasteiger partial charge in [-0.25, -0.2) is 0 Å². The maximum absolute atomic E-state index is 12.6. The fourth-order valence-electron chi connectivity index (χ4n) is 2.84. The molecule has 2 aromatic rings. The zero-order chi connectivity index (χ0) is 21.4. The molecule has 0 atom stereocenters. The molecule has 2 rings (SSSR count). The number of benzene rings is 2. The number of likely N-dealkylation sites (N-methyl/N-ethyl adjacent to an activating group) is 1. The van der Waals surface area contributed by atoms with Gasteiger partial charge in [0.2, 0.25) is 0 Å². The molecule has 156 valence electrons. The van der Waals surface area contributed by atoms with Crippen LogP contribution < -0.4 is 14.2 Å². The Hall–Kier alpha value is -3.29. The first-order valence-electron chi connectivity index (χ1n) is 9.34. The molecule has 0 heterocycles. The number of nitro benzene ring substituents is 1. The molecular formula is C21H26N2O6. The first-order valence-corrected chi connectivity index (χ1v) is 9.34. The highest BCUT2D eigenvalue weighted by Gasteiger charge is 2.16. The molecular weight excluding hydrogens is 376 g/mol. The summed E-state index contributed by atoms with van der Waals surface area (Å²) in [6, 6.07) is 9.99. The van der Waals surface area contributed by atoms with E-state index in [0.717, 1.165) is 5.56 Å². The Labute approximate surface area is 170 Å². The smallest absolute Gasteiger partial charge is 0.272 e. The topological polar surface area (TPSA) is 91.1 Å². The third-order valence-corrected chi connectivity index (χ3v) is 4.36. The van der Waals surface area contributed by atoms with Crippen molar-refractivity contribution < 1.29 is 23.9 Å². The van der Waals surface area contributed by atoms with Gasteiger partial charge in [0, 0.05) is 24.7 Å². The highest BCUT2D eigenvalue weighted by molar-refractivity contribution is 5.77. The Balaban J connectivity index is 2.02. The second kappa shape index (κ2) is 10.3. The van der Waals surface area contributed by atoms with Crippen LogP contribution in [0.25, 0.3) is 0 Å². The van der Waals surface area contributed by atoms with Gasteiger partial charge in [-0.3, -0.25) is 14.9 Å². The van der Waals surface area contributed by atoms with Crippen molar-refractivity contribution in [3.05, 3.63) is 57.6 Å². The van der Waals surface area contributed by atoms with Crippen molar-refractivity contribution in [3.63, 3.8) is 0 Å². The molecule has 8 heteroatoms. The molecule has 2 aromatic carbocycles. The van der Waals surface area contributed by atoms with E-state index in [-0.39, 0.29) is 18.2 Å². The highest BCUT2D eigenvalue weighted by Crippen LogP contribution is 2.28. The summed E-state index contributed by atoms with van der Waals surface area (Å²) in [4.78, 5) is 24.7. The van der Waals surface area contributed by atoms with Crippen LogP contribution in [0.3, 0.4) is 0 Å². The second-order valence-corrected chi connectivity index (χ2v) is 6.32. The number of nitrogens with zero attached hydrogens (tertiary/aromatic N) is 2. The zero-order valence-electron chi connectivity index (χ0n) is 17.1. The Morgan fingerprint density at radius 1 is 1.10 bits per heavy atom. The second-order valence-electron chi connectivity index (χ2n) is 6.32. The highest BCUT2D eigenvalue weighted by atomic mass is 16.6. The van der Waals surface area contributed by atoms with Crippen LogP contribution in [-0.2, 0) is 11.3 Å². The molecule has 0 N–H and O–H groups in total. The third-order valence-electron chi connectivity index (χ3n) is 4.36. The minimum Gasteiger partial charge on any atom is -0.493 e. The van der Waals surface area contributed by atoms with Gasteiger partial charge in [-0.05, 0) is 50.6 Å². The molecule has 0 saturated heterocycles. The summed E-state index contributed by atoms with van der Waals surface area (Å²) in [7, 11) is 1.57. The lowest BCUT2D eigenvalue weighted by Crippen LogP contribution is -2.34. The van der Waals surface area contributed by atoms with E-state index in [1.807, 2.05) is 32.0 Å². The molecule has 0 aliphatic rings. The summed E-state index contributed by atoms with van der Waals surface area (Å²) in [6.45, 7) is 6.72. The van der Waals surface area contributed by atoms with E-state index in [4.69, 9.17) is 14.2 Å². The van der Waals surface area contributed by atoms with Gasteiger partial charge in [-0.15, -0.1) is 0 Å². The number of aryl methyl sites for hydroxylation is 1. The van der Waals surface area contributed by atoms with Crippen LogP contribution in [-0.4, -0.2) is 42.6 Å². The van der Waals surface area contributed by atoms with Gasteiger partial charge >= 0.3 is 0 Å². The number of amides is 1. The van der Waals surface area contributed by atoms with E-state index in [1.165, 1.54) is 12.1 Å². The van der Waals surface area contributed by atoms with E-state index in [9.17, 15) is 14.9 Å². The Morgan fingerprint density at radius 2 is 1.86 bits per heavy atom. The molecule has 0 aliphatic carbocycles. The Kier molecular flexibility index (Phi) is 7.82. The fourth-order valence-corrected chi connectivity index (χ4v) is 2.84. The van der Waals surface area contributed by atoms with Crippen molar-refractivity contribution in [2.45, 2.75) is 27.3 Å². The number of methoxy groups -OCH3 is 1. The minimum atomic E-state index is -0.450. The van der Waals surface area contributed by atoms with Crippen molar-refractivity contribution in [1.82, 2.24) is 4.90 Å². The molecule has 0 aliphatic heterocycles. The predicted molar refractivity (Wildman–Crippen MR) is 109 cm³/mol. The molecule has 0 unspecified atom stereocenters. The van der Waals surface area contributed by atoms with Gasteiger partial charge in [-0.1, -0.05) is 6.07 Å². The maximum atomic E-state index is 12.6. The standard InChI is InChI=1S/C21H26N2O6/c1-5-22(13-16-7-10-19(28-6-2)20(12-16)27-4)21(24)14-29-17-8-9-18(23(25)26)15(3)11-17/h7-12H,5-6,13-14H2,1-4H3. The molecule has 1 amide bonds. The summed E-state index contributed by atoms with van der Waals surface area (Å²) < 4.78 is 16.4. The number of carbonyl (C=O) groups is 1. The molecule has 0 aromatic heterocycles. The van der Waals surface area contributed by atoms with Crippen molar-refractivity contribution in [2.24, 2.45) is 0 Å². The first kappa shape index (κ1) is 22.0. The lowest BCUT2D eigenvalue weighted by atomic mass is 10.2. The number of rotatable bonds is 10. The van der Waals surface area contributed by atoms with E-state index in [2.05, 4.69) is 0 Å². The Bertz CT molecular complexity index is 868. The average molecular weight is 402 g/mol. The predicted octanol–water partition coefficient (Wildman–Crippen LogP) is 3.74. The molecule has 29 heavy (non-hydrogen) atoms. The SMILES string of the molecule is CCOc1ccc(CN(CC)C(=O)COc2ccc([N+](=O)[O-])c(C)c2)cc1OC. The van der Waals surface area contributed by atoms with Gasteiger partial charge in [0.1, 0.15) is 5.75 Å². The minimum absolute atomic E-state index is 0.0170. The monoisotopic (exact) mass is 402 g/mol. The summed E-state index contributed by atoms with van der Waals surface area (Å²) >= 11 is 0. The van der Waals surface area contributed by atoms with Crippen molar-refractivity contribution in [3.8, 4) is 17.2 Å². The van der Waals surface area contributed by atoms with Crippen molar-refractivity contribution in [2.75, 3.05) is 26.9 Å². The van der Waals surface area contributed by atoms with Crippen LogP contribution in [0.2, 0.25) is 0 Å². The number of hydrogen-bond acceptors (Lipinski definition) is 6. The number of carbonyl (C=O) groups excluding carboxylic acids is 1. The number of ether oxygens (including phenoxy) is 3. The van der Waals surface area contributed by atoms with Gasteiger partial charge in [0.25, 0.3) is 11.6 Å². The lowest BCUT2D eigenvalue weighted by Gasteiger charge is -2.22. The number of hydrogen-bond donors (Lipinski definition) is 0. The van der Waals surface area contributed by atoms with Crippen LogP contribution in [0.15, 0.2) is 36.4 Å². The van der Waals surface area contributed by atoms with Crippen LogP contribution in [0.4, 0.5) is 5.69 Å². The van der Waals surface area contributed by atoms with Crippen LogP contribution in [0, 0.1) is 17.0 Å². The molecule has 0 saturated carbocycles. The van der Waals surface area contributed by atoms with Crippen LogP contribution >= 0.6 is 0 Å². The molecule has 8 nitrogen and oxygen atoms in total. The fraction of sp³-hybridized carbons (Fsp3) is 0.381. The van der Waals surface area contributed by atoms with E-state index < -0.39 is 4.92 Å². The summed E-state index contributed by atoms with van der Waals surface area (Å²) in [5.74, 6) is 1.51. The molecule has 0 radical (unpaired) electrons. The quantitative estimate of drug-likeness (QED) is 0.444. The lowest BCUT2D eigenvalue weighted by molar-refractivity contribution is -0.385. The zero-order valence-corrected chi connectivity index (χ0v) is 17.1. The van der Waals surface area contributed by atoms with E-state index >= 15 is 0 Å². The van der Waals surface area contributed by atoms with Gasteiger partial charge in [0.05, 0.1) is 18.6 Å². The van der Waals surface area contributed by atoms with E-state index in [1.54, 1.807) is 25.0 Å². The van der Waals surface area contributed by atoms with Gasteiger partial charge in [-0.2, -0.15) is 0 Å². The summed E-state index contributed by atoms with van der Waals surface area (Å²) in [6.07, 6.45) is 0. The summed E-state index contributed by atoms with van der Waals surface area (Å²) in [5, 5.41) is 10.9. The summed E-state index contributed by atoms with van der Waals surface area (Å²) in [5.41, 5.74) is 1.41.